The van der Waals surface area contributed by atoms with Crippen molar-refractivity contribution in [1.82, 2.24) is 9.78 Å². The molecule has 0 aliphatic rings. The lowest BCUT2D eigenvalue weighted by molar-refractivity contribution is -0.119. The lowest BCUT2D eigenvalue weighted by Crippen LogP contribution is -2.21. The second-order valence-electron chi connectivity index (χ2n) is 6.79. The van der Waals surface area contributed by atoms with Crippen LogP contribution in [0.2, 0.25) is 0 Å². The van der Waals surface area contributed by atoms with E-state index in [0.717, 1.165) is 17.8 Å². The van der Waals surface area contributed by atoms with E-state index in [1.807, 2.05) is 48.5 Å². The minimum Gasteiger partial charge on any atom is -0.452 e. The molecule has 1 aromatic heterocycles. The molecule has 0 aliphatic heterocycles. The van der Waals surface area contributed by atoms with Gasteiger partial charge in [0.1, 0.15) is 22.9 Å². The number of benzene rings is 3. The number of esters is 1. The third-order valence-corrected chi connectivity index (χ3v) is 4.54. The van der Waals surface area contributed by atoms with Crippen LogP contribution in [-0.4, -0.2) is 28.3 Å². The zero-order valence-corrected chi connectivity index (χ0v) is 16.7. The fourth-order valence-corrected chi connectivity index (χ4v) is 3.03. The lowest BCUT2D eigenvalue weighted by Gasteiger charge is -2.07. The molecule has 3 aromatic carbocycles. The molecule has 160 valence electrons. The number of aromatic nitrogens is 2. The van der Waals surface area contributed by atoms with Crippen molar-refractivity contribution in [3.8, 4) is 16.9 Å². The van der Waals surface area contributed by atoms with Crippen LogP contribution in [0.15, 0.2) is 85.1 Å². The molecule has 0 radical (unpaired) electrons. The van der Waals surface area contributed by atoms with Gasteiger partial charge in [0.25, 0.3) is 5.91 Å². The van der Waals surface area contributed by atoms with E-state index in [1.54, 1.807) is 16.8 Å². The number of halogens is 2. The molecule has 0 aliphatic carbocycles. The number of nitrogens with zero attached hydrogens (tertiary/aromatic N) is 2. The van der Waals surface area contributed by atoms with Crippen molar-refractivity contribution in [1.29, 1.82) is 0 Å². The Morgan fingerprint density at radius 3 is 2.31 bits per heavy atom. The number of ether oxygens (including phenoxy) is 1. The lowest BCUT2D eigenvalue weighted by atomic mass is 10.1. The maximum Gasteiger partial charge on any atom is 0.342 e. The summed E-state index contributed by atoms with van der Waals surface area (Å²) in [6.45, 7) is -0.652. The monoisotopic (exact) mass is 433 g/mol. The summed E-state index contributed by atoms with van der Waals surface area (Å²) in [6.07, 6.45) is 1.53. The number of nitrogens with one attached hydrogen (secondary N) is 1. The SMILES string of the molecule is O=C(COC(=O)c1cn(-c2ccccc2)nc1-c1ccccc1)Nc1ccc(F)cc1F. The van der Waals surface area contributed by atoms with Crippen LogP contribution in [-0.2, 0) is 9.53 Å². The van der Waals surface area contributed by atoms with E-state index in [4.69, 9.17) is 4.74 Å². The van der Waals surface area contributed by atoms with Gasteiger partial charge in [0.05, 0.1) is 11.4 Å². The van der Waals surface area contributed by atoms with E-state index in [9.17, 15) is 18.4 Å². The number of hydrogen-bond donors (Lipinski definition) is 1. The molecule has 8 heteroatoms. The first-order valence-electron chi connectivity index (χ1n) is 9.64. The molecular formula is C24H17F2N3O3. The van der Waals surface area contributed by atoms with Crippen LogP contribution in [0.4, 0.5) is 14.5 Å². The fraction of sp³-hybridized carbons (Fsp3) is 0.0417. The zero-order chi connectivity index (χ0) is 22.5. The minimum atomic E-state index is -0.930. The molecule has 0 bridgehead atoms. The molecule has 0 spiro atoms. The second-order valence-corrected chi connectivity index (χ2v) is 6.79. The van der Waals surface area contributed by atoms with Crippen LogP contribution < -0.4 is 5.32 Å². The normalized spacial score (nSPS) is 10.6. The molecular weight excluding hydrogens is 416 g/mol. The first-order valence-corrected chi connectivity index (χ1v) is 9.64. The van der Waals surface area contributed by atoms with Gasteiger partial charge in [-0.1, -0.05) is 48.5 Å². The summed E-state index contributed by atoms with van der Waals surface area (Å²) in [7, 11) is 0. The molecule has 1 heterocycles. The van der Waals surface area contributed by atoms with Gasteiger partial charge in [-0.15, -0.1) is 0 Å². The first-order chi connectivity index (χ1) is 15.5. The second kappa shape index (κ2) is 9.22. The Labute approximate surface area is 182 Å². The van der Waals surface area contributed by atoms with Crippen molar-refractivity contribution in [3.63, 3.8) is 0 Å². The predicted molar refractivity (Wildman–Crippen MR) is 114 cm³/mol. The topological polar surface area (TPSA) is 73.2 Å². The van der Waals surface area contributed by atoms with E-state index in [1.165, 1.54) is 6.20 Å². The summed E-state index contributed by atoms with van der Waals surface area (Å²) < 4.78 is 33.4. The third-order valence-electron chi connectivity index (χ3n) is 4.54. The van der Waals surface area contributed by atoms with Crippen LogP contribution in [0.1, 0.15) is 10.4 Å². The molecule has 1 amide bonds. The largest absolute Gasteiger partial charge is 0.452 e. The van der Waals surface area contributed by atoms with Crippen LogP contribution >= 0.6 is 0 Å². The van der Waals surface area contributed by atoms with Crippen LogP contribution in [0, 0.1) is 11.6 Å². The van der Waals surface area contributed by atoms with Crippen LogP contribution in [0.3, 0.4) is 0 Å². The maximum atomic E-state index is 13.7. The highest BCUT2D eigenvalue weighted by Gasteiger charge is 2.21. The number of carbonyl (C=O) groups is 2. The van der Waals surface area contributed by atoms with Crippen molar-refractivity contribution < 1.29 is 23.1 Å². The highest BCUT2D eigenvalue weighted by Crippen LogP contribution is 2.24. The molecule has 1 N–H and O–H groups in total. The Morgan fingerprint density at radius 2 is 1.62 bits per heavy atom. The van der Waals surface area contributed by atoms with Crippen LogP contribution in [0.5, 0.6) is 0 Å². The van der Waals surface area contributed by atoms with Crippen molar-refractivity contribution in [2.75, 3.05) is 11.9 Å². The van der Waals surface area contributed by atoms with E-state index < -0.39 is 30.1 Å². The standard InChI is InChI=1S/C24H17F2N3O3/c25-17-11-12-21(20(26)13-17)27-22(30)15-32-24(31)19-14-29(18-9-5-2-6-10-18)28-23(19)16-7-3-1-4-8-16/h1-14H,15H2,(H,27,30). The average Bonchev–Trinajstić information content (AvgIpc) is 3.26. The predicted octanol–water partition coefficient (Wildman–Crippen LogP) is 4.61. The van der Waals surface area contributed by atoms with Crippen molar-refractivity contribution in [2.24, 2.45) is 0 Å². The van der Waals surface area contributed by atoms with Gasteiger partial charge in [-0.05, 0) is 24.3 Å². The van der Waals surface area contributed by atoms with E-state index in [2.05, 4.69) is 10.4 Å². The Morgan fingerprint density at radius 1 is 0.938 bits per heavy atom. The third kappa shape index (κ3) is 4.70. The Kier molecular flexibility index (Phi) is 6.03. The van der Waals surface area contributed by atoms with Crippen molar-refractivity contribution in [3.05, 3.63) is 102 Å². The fourth-order valence-electron chi connectivity index (χ4n) is 3.03. The molecule has 0 atom stereocenters. The summed E-state index contributed by atoms with van der Waals surface area (Å²) in [5.41, 5.74) is 1.79. The van der Waals surface area contributed by atoms with E-state index >= 15 is 0 Å². The quantitative estimate of drug-likeness (QED) is 0.451. The summed E-state index contributed by atoms with van der Waals surface area (Å²) in [5.74, 6) is -3.22. The highest BCUT2D eigenvalue weighted by atomic mass is 19.1. The van der Waals surface area contributed by atoms with Gasteiger partial charge >= 0.3 is 5.97 Å². The van der Waals surface area contributed by atoms with E-state index in [-0.39, 0.29) is 11.3 Å². The smallest absolute Gasteiger partial charge is 0.342 e. The number of para-hydroxylation sites is 1. The number of anilines is 1. The van der Waals surface area contributed by atoms with Gasteiger partial charge in [0.15, 0.2) is 6.61 Å². The molecule has 4 rings (SSSR count). The number of amides is 1. The first kappa shape index (κ1) is 20.9. The minimum absolute atomic E-state index is 0.167. The Hall–Kier alpha value is -4.33. The zero-order valence-electron chi connectivity index (χ0n) is 16.7. The van der Waals surface area contributed by atoms with Gasteiger partial charge < -0.3 is 10.1 Å². The number of hydrogen-bond acceptors (Lipinski definition) is 4. The summed E-state index contributed by atoms with van der Waals surface area (Å²) >= 11 is 0. The molecule has 6 nitrogen and oxygen atoms in total. The van der Waals surface area contributed by atoms with Gasteiger partial charge in [-0.25, -0.2) is 18.3 Å². The Balaban J connectivity index is 1.53. The average molecular weight is 433 g/mol. The summed E-state index contributed by atoms with van der Waals surface area (Å²) in [5, 5.41) is 6.76. The van der Waals surface area contributed by atoms with Crippen molar-refractivity contribution >= 4 is 17.6 Å². The molecule has 0 unspecified atom stereocenters. The van der Waals surface area contributed by atoms with Gasteiger partial charge in [0.2, 0.25) is 0 Å². The molecule has 0 saturated heterocycles. The molecule has 0 fully saturated rings. The number of carbonyl (C=O) groups excluding carboxylic acids is 2. The van der Waals surface area contributed by atoms with Crippen LogP contribution in [0.25, 0.3) is 16.9 Å². The van der Waals surface area contributed by atoms with E-state index in [0.29, 0.717) is 17.3 Å². The molecule has 0 saturated carbocycles. The summed E-state index contributed by atoms with van der Waals surface area (Å²) in [6, 6.07) is 21.0. The molecule has 4 aromatic rings. The molecule has 32 heavy (non-hydrogen) atoms. The van der Waals surface area contributed by atoms with Crippen molar-refractivity contribution in [2.45, 2.75) is 0 Å². The number of rotatable bonds is 6. The van der Waals surface area contributed by atoms with Gasteiger partial charge in [-0.3, -0.25) is 4.79 Å². The van der Waals surface area contributed by atoms with Gasteiger partial charge in [0, 0.05) is 17.8 Å². The maximum absolute atomic E-state index is 13.7. The Bertz CT molecular complexity index is 1260. The summed E-state index contributed by atoms with van der Waals surface area (Å²) in [4.78, 5) is 24.9. The van der Waals surface area contributed by atoms with Gasteiger partial charge in [-0.2, -0.15) is 5.10 Å². The highest BCUT2D eigenvalue weighted by molar-refractivity contribution is 5.98.